The van der Waals surface area contributed by atoms with Crippen molar-refractivity contribution >= 4 is 3.21 Å². The van der Waals surface area contributed by atoms with Crippen LogP contribution in [0, 0.1) is 0 Å². The minimum absolute atomic E-state index is 1.51. The number of hydrogen-bond donors (Lipinski definition) is 0. The van der Waals surface area contributed by atoms with Crippen LogP contribution in [0.1, 0.15) is 13.8 Å². The first kappa shape index (κ1) is 9.10. The average Bonchev–Trinajstić information content (AvgIpc) is 2.11. The van der Waals surface area contributed by atoms with Gasteiger partial charge in [-0.25, -0.2) is 12.1 Å². The van der Waals surface area contributed by atoms with Crippen LogP contribution < -0.4 is 0 Å². The van der Waals surface area contributed by atoms with Gasteiger partial charge < -0.3 is 0 Å². The second kappa shape index (κ2) is 6.23. The fraction of sp³-hybridized carbons (Fsp3) is 0.250. The molecule has 1 rings (SSSR count). The van der Waals surface area contributed by atoms with Gasteiger partial charge in [0.1, 0.15) is 0 Å². The molecule has 0 fully saturated rings. The van der Waals surface area contributed by atoms with E-state index in [4.69, 9.17) is 0 Å². The quantitative estimate of drug-likeness (QED) is 0.560. The third-order valence-corrected chi connectivity index (χ3v) is 0.556. The fourth-order valence-corrected chi connectivity index (χ4v) is 0.321. The van der Waals surface area contributed by atoms with Gasteiger partial charge in [-0.3, -0.25) is 0 Å². The third kappa shape index (κ3) is 11.6. The van der Waals surface area contributed by atoms with Crippen molar-refractivity contribution in [3.63, 3.8) is 0 Å². The van der Waals surface area contributed by atoms with Crippen LogP contribution in [0.25, 0.3) is 0 Å². The molecule has 0 aliphatic carbocycles. The van der Waals surface area contributed by atoms with Gasteiger partial charge in [-0.05, 0) is 0 Å². The maximum Gasteiger partial charge on any atom is -0.172 e. The molecule has 1 aromatic carbocycles. The van der Waals surface area contributed by atoms with Crippen LogP contribution in [-0.2, 0) is 24.2 Å². The summed E-state index contributed by atoms with van der Waals surface area (Å²) in [4.78, 5) is 0. The predicted octanol–water partition coefficient (Wildman–Crippen LogP) is 2.15. The molecule has 1 heteroatoms. The summed E-state index contributed by atoms with van der Waals surface area (Å²) in [5, 5.41) is 0. The standard InChI is InChI=1S/C5H5.C3H6.Zr/c1-2-4-5-3-1;1-3-2;/h1-5H;1-2H3;/q-1;;. The first-order valence-electron chi connectivity index (χ1n) is 2.92. The molecule has 0 aliphatic rings. The van der Waals surface area contributed by atoms with E-state index in [1.807, 2.05) is 30.3 Å². The molecule has 0 bridgehead atoms. The van der Waals surface area contributed by atoms with Gasteiger partial charge >= 0.3 is 41.3 Å². The van der Waals surface area contributed by atoms with Gasteiger partial charge in [-0.15, -0.1) is 0 Å². The molecular weight excluding hydrogens is 187 g/mol. The van der Waals surface area contributed by atoms with Crippen LogP contribution in [0.15, 0.2) is 30.3 Å². The van der Waals surface area contributed by atoms with Crippen molar-refractivity contribution in [3.05, 3.63) is 30.3 Å². The molecule has 0 nitrogen and oxygen atoms in total. The summed E-state index contributed by atoms with van der Waals surface area (Å²) in [5.74, 6) is 0. The molecule has 0 saturated heterocycles. The van der Waals surface area contributed by atoms with E-state index in [2.05, 4.69) is 13.8 Å². The van der Waals surface area contributed by atoms with E-state index in [1.165, 1.54) is 3.21 Å². The molecule has 9 heavy (non-hydrogen) atoms. The van der Waals surface area contributed by atoms with Gasteiger partial charge in [0.25, 0.3) is 0 Å². The predicted molar refractivity (Wildman–Crippen MR) is 38.4 cm³/mol. The Balaban J connectivity index is 0.000000148. The van der Waals surface area contributed by atoms with Crippen molar-refractivity contribution in [1.29, 1.82) is 0 Å². The van der Waals surface area contributed by atoms with Gasteiger partial charge in [0, 0.05) is 0 Å². The Morgan fingerprint density at radius 1 is 1.22 bits per heavy atom. The van der Waals surface area contributed by atoms with Gasteiger partial charge in [-0.1, -0.05) is 0 Å². The van der Waals surface area contributed by atoms with Crippen molar-refractivity contribution in [2.75, 3.05) is 0 Å². The second-order valence-electron chi connectivity index (χ2n) is 1.96. The van der Waals surface area contributed by atoms with Crippen LogP contribution >= 0.6 is 0 Å². The number of hydrogen-bond acceptors (Lipinski definition) is 0. The van der Waals surface area contributed by atoms with Crippen LogP contribution in [0.4, 0.5) is 0 Å². The van der Waals surface area contributed by atoms with E-state index in [0.717, 1.165) is 0 Å². The summed E-state index contributed by atoms with van der Waals surface area (Å²) in [5.41, 5.74) is 0. The third-order valence-electron chi connectivity index (χ3n) is 0.556. The molecular formula is C8H11Zr-. The summed E-state index contributed by atoms with van der Waals surface area (Å²) >= 11 is 1.55. The van der Waals surface area contributed by atoms with Crippen molar-refractivity contribution in [3.8, 4) is 0 Å². The summed E-state index contributed by atoms with van der Waals surface area (Å²) in [6.07, 6.45) is 0. The molecule has 0 heterocycles. The van der Waals surface area contributed by atoms with E-state index in [-0.39, 0.29) is 0 Å². The minimum Gasteiger partial charge on any atom is -0.214 e. The van der Waals surface area contributed by atoms with Crippen LogP contribution in [-0.4, -0.2) is 3.21 Å². The Labute approximate surface area is 71.6 Å². The van der Waals surface area contributed by atoms with Crippen LogP contribution in [0.5, 0.6) is 0 Å². The molecule has 0 amide bonds. The van der Waals surface area contributed by atoms with Crippen LogP contribution in [0.2, 0.25) is 0 Å². The Morgan fingerprint density at radius 2 is 1.56 bits per heavy atom. The monoisotopic (exact) mass is 197 g/mol. The molecule has 0 aliphatic heterocycles. The summed E-state index contributed by atoms with van der Waals surface area (Å²) < 4.78 is 1.51. The maximum absolute atomic E-state index is 2.12. The first-order chi connectivity index (χ1) is 4.23. The molecule has 0 atom stereocenters. The zero-order valence-electron chi connectivity index (χ0n) is 5.89. The minimum atomic E-state index is 1.51. The Hall–Kier alpha value is 0.103. The molecule has 0 unspecified atom stereocenters. The topological polar surface area (TPSA) is 0 Å². The van der Waals surface area contributed by atoms with E-state index in [9.17, 15) is 0 Å². The van der Waals surface area contributed by atoms with E-state index >= 15 is 0 Å². The molecule has 48 valence electrons. The Kier molecular flexibility index (Phi) is 6.30. The Morgan fingerprint density at radius 3 is 1.67 bits per heavy atom. The second-order valence-corrected chi connectivity index (χ2v) is 4.42. The smallest absolute Gasteiger partial charge is 0.172 e. The van der Waals surface area contributed by atoms with Gasteiger partial charge in [-0.2, -0.15) is 18.2 Å². The maximum atomic E-state index is 2.12. The summed E-state index contributed by atoms with van der Waals surface area (Å²) in [6.45, 7) is 4.25. The first-order valence-corrected chi connectivity index (χ1v) is 4.15. The molecule has 0 aromatic heterocycles. The molecule has 1 aromatic rings. The van der Waals surface area contributed by atoms with E-state index in [0.29, 0.717) is 0 Å². The van der Waals surface area contributed by atoms with Crippen molar-refractivity contribution < 1.29 is 24.2 Å². The van der Waals surface area contributed by atoms with Crippen molar-refractivity contribution in [2.45, 2.75) is 13.8 Å². The van der Waals surface area contributed by atoms with Gasteiger partial charge in [0.15, 0.2) is 0 Å². The molecule has 0 saturated carbocycles. The fourth-order valence-electron chi connectivity index (χ4n) is 0.321. The SMILES string of the molecule is C[C](C)=[Zr].c1cc[cH-]c1. The van der Waals surface area contributed by atoms with Crippen molar-refractivity contribution in [1.82, 2.24) is 0 Å². The zero-order chi connectivity index (χ0) is 7.11. The van der Waals surface area contributed by atoms with E-state index < -0.39 is 0 Å². The van der Waals surface area contributed by atoms with Crippen molar-refractivity contribution in [2.24, 2.45) is 0 Å². The zero-order valence-corrected chi connectivity index (χ0v) is 8.34. The Bertz CT molecular complexity index is 118. The molecule has 0 spiro atoms. The average molecular weight is 198 g/mol. The molecule has 0 radical (unpaired) electrons. The van der Waals surface area contributed by atoms with Crippen LogP contribution in [0.3, 0.4) is 0 Å². The summed E-state index contributed by atoms with van der Waals surface area (Å²) in [6, 6.07) is 10.0. The van der Waals surface area contributed by atoms with Gasteiger partial charge in [0.05, 0.1) is 0 Å². The summed E-state index contributed by atoms with van der Waals surface area (Å²) in [7, 11) is 0. The molecule has 0 N–H and O–H groups in total. The largest absolute Gasteiger partial charge is 0.214 e. The van der Waals surface area contributed by atoms with Gasteiger partial charge in [0.2, 0.25) is 0 Å². The number of rotatable bonds is 0. The normalized spacial score (nSPS) is 7.22. The van der Waals surface area contributed by atoms with E-state index in [1.54, 1.807) is 24.2 Å².